The number of hydrogen-bond acceptors (Lipinski definition) is 6. The highest BCUT2D eigenvalue weighted by molar-refractivity contribution is 6.02. The zero-order valence-electron chi connectivity index (χ0n) is 24.6. The highest BCUT2D eigenvalue weighted by atomic mass is 16.2. The standard InChI is InChI=1S/C33H39N7O2/c1-21-8-11-26(12-9-21)40-29(19-27(39-40)33(2,3)4)38-32(42)37-25-7-5-6-23(18-25)30(22-14-16-35-17-15-22)31(41)24-10-13-28(34)36-20-24/h5-13,18-20,22,30,35H,14-17H2,1-4H3,(H2,34,36)(H2,37,38,42). The lowest BCUT2D eigenvalue weighted by Crippen LogP contribution is -2.33. The van der Waals surface area contributed by atoms with E-state index in [0.29, 0.717) is 22.9 Å². The number of nitrogens with zero attached hydrogens (tertiary/aromatic N) is 3. The summed E-state index contributed by atoms with van der Waals surface area (Å²) in [5.41, 5.74) is 10.4. The van der Waals surface area contributed by atoms with Gasteiger partial charge in [0.15, 0.2) is 5.78 Å². The summed E-state index contributed by atoms with van der Waals surface area (Å²) in [6.45, 7) is 10.0. The maximum absolute atomic E-state index is 13.8. The SMILES string of the molecule is Cc1ccc(-n2nc(C(C)(C)C)cc2NC(=O)Nc2cccc(C(C(=O)c3ccc(N)nc3)C3CCNCC3)c2)cc1. The van der Waals surface area contributed by atoms with Crippen molar-refractivity contribution in [1.29, 1.82) is 0 Å². The van der Waals surface area contributed by atoms with Crippen molar-refractivity contribution in [2.75, 3.05) is 29.5 Å². The summed E-state index contributed by atoms with van der Waals surface area (Å²) in [4.78, 5) is 31.2. The number of carbonyl (C=O) groups excluding carboxylic acids is 2. The van der Waals surface area contributed by atoms with Crippen LogP contribution in [0.3, 0.4) is 0 Å². The number of nitrogen functional groups attached to an aromatic ring is 1. The molecule has 3 heterocycles. The predicted octanol–water partition coefficient (Wildman–Crippen LogP) is 6.07. The van der Waals surface area contributed by atoms with Crippen LogP contribution >= 0.6 is 0 Å². The van der Waals surface area contributed by atoms with Crippen LogP contribution in [0, 0.1) is 12.8 Å². The summed E-state index contributed by atoms with van der Waals surface area (Å²) in [5, 5.41) is 14.1. The lowest BCUT2D eigenvalue weighted by atomic mass is 9.76. The van der Waals surface area contributed by atoms with Crippen molar-refractivity contribution in [3.8, 4) is 5.69 Å². The van der Waals surface area contributed by atoms with Crippen LogP contribution in [0.4, 0.5) is 22.1 Å². The molecular weight excluding hydrogens is 526 g/mol. The Balaban J connectivity index is 1.40. The van der Waals surface area contributed by atoms with Crippen LogP contribution in [-0.4, -0.2) is 39.7 Å². The Kier molecular flexibility index (Phi) is 8.40. The molecule has 1 aliphatic rings. The van der Waals surface area contributed by atoms with Gasteiger partial charge in [0.2, 0.25) is 0 Å². The van der Waals surface area contributed by atoms with E-state index in [4.69, 9.17) is 10.8 Å². The van der Waals surface area contributed by atoms with Crippen LogP contribution < -0.4 is 21.7 Å². The van der Waals surface area contributed by atoms with Crippen molar-refractivity contribution in [2.24, 2.45) is 5.92 Å². The van der Waals surface area contributed by atoms with Gasteiger partial charge in [-0.15, -0.1) is 0 Å². The van der Waals surface area contributed by atoms with Gasteiger partial charge in [-0.1, -0.05) is 50.6 Å². The highest BCUT2D eigenvalue weighted by Crippen LogP contribution is 2.35. The molecule has 42 heavy (non-hydrogen) atoms. The number of nitrogens with one attached hydrogen (secondary N) is 3. The smallest absolute Gasteiger partial charge is 0.324 e. The van der Waals surface area contributed by atoms with Crippen LogP contribution in [-0.2, 0) is 5.41 Å². The van der Waals surface area contributed by atoms with Crippen molar-refractivity contribution >= 4 is 29.1 Å². The first kappa shape index (κ1) is 29.0. The largest absolute Gasteiger partial charge is 0.384 e. The van der Waals surface area contributed by atoms with Crippen molar-refractivity contribution in [1.82, 2.24) is 20.1 Å². The van der Waals surface area contributed by atoms with E-state index < -0.39 is 6.03 Å². The van der Waals surface area contributed by atoms with Crippen LogP contribution in [0.1, 0.15) is 66.7 Å². The Morgan fingerprint density at radius 2 is 1.74 bits per heavy atom. The molecule has 5 N–H and O–H groups in total. The first-order valence-corrected chi connectivity index (χ1v) is 14.4. The topological polar surface area (TPSA) is 127 Å². The molecule has 0 aliphatic carbocycles. The minimum absolute atomic E-state index is 0.00714. The number of aromatic nitrogens is 3. The first-order chi connectivity index (χ1) is 20.1. The lowest BCUT2D eigenvalue weighted by Gasteiger charge is -2.30. The van der Waals surface area contributed by atoms with E-state index in [1.165, 1.54) is 0 Å². The van der Waals surface area contributed by atoms with Gasteiger partial charge in [0.1, 0.15) is 11.6 Å². The molecule has 1 aliphatic heterocycles. The number of hydrogen-bond donors (Lipinski definition) is 4. The number of pyridine rings is 1. The van der Waals surface area contributed by atoms with Crippen LogP contribution in [0.2, 0.25) is 0 Å². The normalized spacial score (nSPS) is 14.8. The summed E-state index contributed by atoms with van der Waals surface area (Å²) >= 11 is 0. The second kappa shape index (κ2) is 12.2. The first-order valence-electron chi connectivity index (χ1n) is 14.4. The van der Waals surface area contributed by atoms with Crippen molar-refractivity contribution < 1.29 is 9.59 Å². The highest BCUT2D eigenvalue weighted by Gasteiger charge is 2.32. The summed E-state index contributed by atoms with van der Waals surface area (Å²) < 4.78 is 1.75. The molecular formula is C33H39N7O2. The number of aryl methyl sites for hydroxylation is 1. The van der Waals surface area contributed by atoms with Crippen LogP contribution in [0.15, 0.2) is 72.9 Å². The number of rotatable bonds is 7. The third kappa shape index (κ3) is 6.69. The monoisotopic (exact) mass is 565 g/mol. The average molecular weight is 566 g/mol. The second-order valence-electron chi connectivity index (χ2n) is 12.0. The summed E-state index contributed by atoms with van der Waals surface area (Å²) in [6.07, 6.45) is 3.32. The zero-order valence-corrected chi connectivity index (χ0v) is 24.6. The molecule has 2 amide bonds. The molecule has 1 unspecified atom stereocenters. The average Bonchev–Trinajstić information content (AvgIpc) is 3.39. The fourth-order valence-electron chi connectivity index (χ4n) is 5.35. The van der Waals surface area contributed by atoms with E-state index in [1.807, 2.05) is 61.5 Å². The zero-order chi connectivity index (χ0) is 29.9. The number of Topliss-reactive ketones (excluding diaryl/α,β-unsaturated/α-hetero) is 1. The molecule has 4 aromatic rings. The maximum atomic E-state index is 13.8. The molecule has 1 atom stereocenters. The van der Waals surface area contributed by atoms with E-state index in [0.717, 1.165) is 48.4 Å². The Bertz CT molecular complexity index is 1550. The molecule has 2 aromatic carbocycles. The fraction of sp³-hybridized carbons (Fsp3) is 0.333. The van der Waals surface area contributed by atoms with Gasteiger partial charge in [-0.25, -0.2) is 14.5 Å². The quantitative estimate of drug-likeness (QED) is 0.202. The molecule has 2 aromatic heterocycles. The molecule has 0 radical (unpaired) electrons. The minimum atomic E-state index is -0.395. The summed E-state index contributed by atoms with van der Waals surface area (Å²) in [5.74, 6) is 0.754. The van der Waals surface area contributed by atoms with Gasteiger partial charge in [0.05, 0.1) is 17.3 Å². The van der Waals surface area contributed by atoms with E-state index in [-0.39, 0.29) is 23.0 Å². The minimum Gasteiger partial charge on any atom is -0.384 e. The molecule has 1 saturated heterocycles. The van der Waals surface area contributed by atoms with E-state index >= 15 is 0 Å². The fourth-order valence-corrected chi connectivity index (χ4v) is 5.35. The van der Waals surface area contributed by atoms with E-state index in [1.54, 1.807) is 23.0 Å². The van der Waals surface area contributed by atoms with Gasteiger partial charge >= 0.3 is 6.03 Å². The molecule has 9 heteroatoms. The molecule has 1 fully saturated rings. The van der Waals surface area contributed by atoms with Gasteiger partial charge in [-0.05, 0) is 80.7 Å². The number of anilines is 3. The Hall–Kier alpha value is -4.50. The van der Waals surface area contributed by atoms with Gasteiger partial charge in [0, 0.05) is 28.9 Å². The van der Waals surface area contributed by atoms with Crippen molar-refractivity contribution in [2.45, 2.75) is 51.9 Å². The molecule has 0 bridgehead atoms. The third-order valence-corrected chi connectivity index (χ3v) is 7.71. The molecule has 218 valence electrons. The summed E-state index contributed by atoms with van der Waals surface area (Å²) in [7, 11) is 0. The number of urea groups is 1. The van der Waals surface area contributed by atoms with Crippen LogP contribution in [0.5, 0.6) is 0 Å². The van der Waals surface area contributed by atoms with Gasteiger partial charge < -0.3 is 16.4 Å². The number of carbonyl (C=O) groups is 2. The Labute approximate surface area is 246 Å². The number of nitrogens with two attached hydrogens (primary N) is 1. The van der Waals surface area contributed by atoms with E-state index in [9.17, 15) is 9.59 Å². The number of ketones is 1. The Morgan fingerprint density at radius 3 is 2.40 bits per heavy atom. The predicted molar refractivity (Wildman–Crippen MR) is 167 cm³/mol. The van der Waals surface area contributed by atoms with Crippen LogP contribution in [0.25, 0.3) is 5.69 Å². The third-order valence-electron chi connectivity index (χ3n) is 7.71. The van der Waals surface area contributed by atoms with Gasteiger partial charge in [-0.2, -0.15) is 5.10 Å². The molecule has 9 nitrogen and oxygen atoms in total. The van der Waals surface area contributed by atoms with Crippen molar-refractivity contribution in [3.05, 3.63) is 95.3 Å². The number of piperidine rings is 1. The molecule has 0 spiro atoms. The van der Waals surface area contributed by atoms with Crippen molar-refractivity contribution in [3.63, 3.8) is 0 Å². The molecule has 0 saturated carbocycles. The number of benzene rings is 2. The lowest BCUT2D eigenvalue weighted by molar-refractivity contribution is 0.0916. The van der Waals surface area contributed by atoms with E-state index in [2.05, 4.69) is 41.7 Å². The maximum Gasteiger partial charge on any atom is 0.324 e. The molecule has 5 rings (SSSR count). The Morgan fingerprint density at radius 1 is 1.00 bits per heavy atom. The number of amides is 2. The van der Waals surface area contributed by atoms with Gasteiger partial charge in [-0.3, -0.25) is 10.1 Å². The summed E-state index contributed by atoms with van der Waals surface area (Å²) in [6, 6.07) is 20.5. The van der Waals surface area contributed by atoms with Gasteiger partial charge in [0.25, 0.3) is 0 Å². The second-order valence-corrected chi connectivity index (χ2v) is 12.0.